The van der Waals surface area contributed by atoms with E-state index in [9.17, 15) is 19.0 Å². The highest BCUT2D eigenvalue weighted by Crippen LogP contribution is 2.38. The van der Waals surface area contributed by atoms with E-state index in [0.717, 1.165) is 103 Å². The van der Waals surface area contributed by atoms with Crippen LogP contribution in [-0.2, 0) is 32.7 Å². The van der Waals surface area contributed by atoms with Gasteiger partial charge in [0.1, 0.15) is 19.8 Å². The third-order valence-corrected chi connectivity index (χ3v) is 15.1. The Balaban J connectivity index is 4.02. The van der Waals surface area contributed by atoms with Crippen LogP contribution in [-0.4, -0.2) is 70.0 Å². The van der Waals surface area contributed by atoms with Gasteiger partial charge in [-0.25, -0.2) is 0 Å². The number of phosphoric acid groups is 1. The number of likely N-dealkylation sites (N-methyl/N-ethyl adjacent to an activating group) is 1. The molecule has 0 aliphatic heterocycles. The summed E-state index contributed by atoms with van der Waals surface area (Å²) in [6.45, 7) is 4.03. The predicted molar refractivity (Wildman–Crippen MR) is 342 cm³/mol. The van der Waals surface area contributed by atoms with Crippen LogP contribution in [0.5, 0.6) is 0 Å². The Morgan fingerprint density at radius 3 is 1.00 bits per heavy atom. The molecule has 0 aromatic carbocycles. The lowest BCUT2D eigenvalue weighted by molar-refractivity contribution is -0.870. The van der Waals surface area contributed by atoms with E-state index in [1.54, 1.807) is 0 Å². The summed E-state index contributed by atoms with van der Waals surface area (Å²) in [5.41, 5.74) is 0. The molecule has 0 aliphatic rings. The monoisotopic (exact) mass is 1140 g/mol. The van der Waals surface area contributed by atoms with Crippen molar-refractivity contribution >= 4 is 19.8 Å². The molecule has 0 N–H and O–H groups in total. The van der Waals surface area contributed by atoms with E-state index in [4.69, 9.17) is 18.5 Å². The molecule has 0 bridgehead atoms. The number of hydrogen-bond acceptors (Lipinski definition) is 8. The molecule has 0 fully saturated rings. The number of nitrogens with zero attached hydrogens (tertiary/aromatic N) is 1. The second kappa shape index (κ2) is 60.5. The number of carbonyl (C=O) groups is 2. The third-order valence-electron chi connectivity index (χ3n) is 14.1. The SMILES string of the molecule is CC/C=C\C/C=C\C/C=C\C/C=C\CCCCCCCCCCCCCCCCCCCCCCCCC(=O)OC(COC(=O)CCCCCCCCCC/C=C\C/C=C\C/C=C\C/C=C\CC)COP(=O)([O-])OCC[N+](C)(C)C. The van der Waals surface area contributed by atoms with Gasteiger partial charge in [-0.2, -0.15) is 0 Å². The van der Waals surface area contributed by atoms with E-state index in [0.29, 0.717) is 17.4 Å². The van der Waals surface area contributed by atoms with Gasteiger partial charge < -0.3 is 27.9 Å². The van der Waals surface area contributed by atoms with Gasteiger partial charge in [-0.05, 0) is 89.9 Å². The second-order valence-electron chi connectivity index (χ2n) is 23.1. The van der Waals surface area contributed by atoms with Crippen LogP contribution in [0.2, 0.25) is 0 Å². The first-order chi connectivity index (χ1) is 39.0. The smallest absolute Gasteiger partial charge is 0.306 e. The average molecular weight is 1140 g/mol. The Kier molecular flexibility index (Phi) is 58.2. The van der Waals surface area contributed by atoms with Crippen molar-refractivity contribution < 1.29 is 42.1 Å². The van der Waals surface area contributed by atoms with Crippen molar-refractivity contribution in [3.63, 3.8) is 0 Å². The first-order valence-corrected chi connectivity index (χ1v) is 34.4. The van der Waals surface area contributed by atoms with Gasteiger partial charge in [0, 0.05) is 12.8 Å². The topological polar surface area (TPSA) is 111 Å². The molecule has 10 heteroatoms. The second-order valence-corrected chi connectivity index (χ2v) is 24.5. The van der Waals surface area contributed by atoms with E-state index in [1.165, 1.54) is 148 Å². The number of phosphoric ester groups is 1. The molecule has 9 nitrogen and oxygen atoms in total. The first kappa shape index (κ1) is 76.9. The summed E-state index contributed by atoms with van der Waals surface area (Å²) in [4.78, 5) is 38.0. The molecule has 0 saturated carbocycles. The average Bonchev–Trinajstić information content (AvgIpc) is 3.42. The summed E-state index contributed by atoms with van der Waals surface area (Å²) >= 11 is 0. The normalized spacial score (nSPS) is 13.8. The van der Waals surface area contributed by atoms with Crippen LogP contribution >= 0.6 is 7.82 Å². The third kappa shape index (κ3) is 64.1. The molecule has 2 atom stereocenters. The Labute approximate surface area is 493 Å². The maximum Gasteiger partial charge on any atom is 0.306 e. The fourth-order valence-electron chi connectivity index (χ4n) is 9.11. The highest BCUT2D eigenvalue weighted by molar-refractivity contribution is 7.45. The van der Waals surface area contributed by atoms with Crippen LogP contribution in [0.3, 0.4) is 0 Å². The molecule has 0 aliphatic carbocycles. The number of rotatable bonds is 60. The summed E-state index contributed by atoms with van der Waals surface area (Å²) in [5, 5.41) is 0. The molecule has 80 heavy (non-hydrogen) atoms. The fourth-order valence-corrected chi connectivity index (χ4v) is 9.84. The summed E-state index contributed by atoms with van der Waals surface area (Å²) < 4.78 is 34.3. The van der Waals surface area contributed by atoms with E-state index < -0.39 is 26.5 Å². The molecule has 0 spiro atoms. The molecule has 0 saturated heterocycles. The van der Waals surface area contributed by atoms with Crippen LogP contribution in [0.4, 0.5) is 0 Å². The zero-order chi connectivity index (χ0) is 58.4. The molecule has 0 aromatic rings. The van der Waals surface area contributed by atoms with Crippen molar-refractivity contribution in [3.05, 3.63) is 97.2 Å². The van der Waals surface area contributed by atoms with Gasteiger partial charge in [0.15, 0.2) is 6.10 Å². The van der Waals surface area contributed by atoms with Gasteiger partial charge in [0.25, 0.3) is 7.82 Å². The summed E-state index contributed by atoms with van der Waals surface area (Å²) in [6.07, 6.45) is 83.4. The van der Waals surface area contributed by atoms with Crippen molar-refractivity contribution in [3.8, 4) is 0 Å². The maximum absolute atomic E-state index is 12.8. The number of carbonyl (C=O) groups excluding carboxylic acids is 2. The molecular formula is C70H124NO8P. The van der Waals surface area contributed by atoms with Crippen LogP contribution in [0, 0.1) is 0 Å². The van der Waals surface area contributed by atoms with Crippen LogP contribution in [0.1, 0.15) is 284 Å². The zero-order valence-corrected chi connectivity index (χ0v) is 53.4. The fraction of sp³-hybridized carbons (Fsp3) is 0.743. The summed E-state index contributed by atoms with van der Waals surface area (Å²) in [5.74, 6) is -0.836. The van der Waals surface area contributed by atoms with E-state index >= 15 is 0 Å². The number of allylic oxidation sites excluding steroid dienone is 16. The molecule has 0 radical (unpaired) electrons. The van der Waals surface area contributed by atoms with Crippen molar-refractivity contribution in [1.29, 1.82) is 0 Å². The lowest BCUT2D eigenvalue weighted by Crippen LogP contribution is -2.37. The first-order valence-electron chi connectivity index (χ1n) is 32.9. The van der Waals surface area contributed by atoms with Gasteiger partial charge in [0.2, 0.25) is 0 Å². The van der Waals surface area contributed by atoms with Gasteiger partial charge in [-0.1, -0.05) is 278 Å². The minimum atomic E-state index is -4.64. The predicted octanol–water partition coefficient (Wildman–Crippen LogP) is 20.5. The Morgan fingerprint density at radius 1 is 0.388 bits per heavy atom. The van der Waals surface area contributed by atoms with Crippen LogP contribution in [0.25, 0.3) is 0 Å². The minimum absolute atomic E-state index is 0.0344. The molecule has 2 unspecified atom stereocenters. The number of ether oxygens (including phenoxy) is 2. The van der Waals surface area contributed by atoms with Crippen molar-refractivity contribution in [2.75, 3.05) is 47.5 Å². The number of hydrogen-bond donors (Lipinski definition) is 0. The van der Waals surface area contributed by atoms with Gasteiger partial charge >= 0.3 is 11.9 Å². The summed E-state index contributed by atoms with van der Waals surface area (Å²) in [6, 6.07) is 0. The standard InChI is InChI=1S/C70H124NO8P/c1-6-8-10-12-14-16-18-20-22-24-26-28-29-30-31-32-33-34-35-36-37-38-39-40-41-43-45-47-49-51-53-55-57-59-61-63-70(73)79-68(67-78-80(74,75)77-65-64-71(3,4)5)66-76-69(72)62-60-58-56-54-52-50-48-46-44-42-27-25-23-21-19-17-15-13-11-9-7-2/h8-11,14-17,20-23,26-28,42,68H,6-7,12-13,18-19,24-25,29-41,43-67H2,1-5H3/b10-8-,11-9-,16-14-,17-15-,22-20-,23-21-,28-26-,42-27-. The molecule has 0 aromatic heterocycles. The Hall–Kier alpha value is -3.07. The van der Waals surface area contributed by atoms with Crippen LogP contribution in [0.15, 0.2) is 97.2 Å². The Bertz CT molecular complexity index is 1670. The Morgan fingerprint density at radius 2 is 0.675 bits per heavy atom. The molecule has 462 valence electrons. The van der Waals surface area contributed by atoms with Crippen molar-refractivity contribution in [2.45, 2.75) is 290 Å². The van der Waals surface area contributed by atoms with Gasteiger partial charge in [0.05, 0.1) is 27.7 Å². The van der Waals surface area contributed by atoms with E-state index in [2.05, 4.69) is 111 Å². The molecule has 0 amide bonds. The summed E-state index contributed by atoms with van der Waals surface area (Å²) in [7, 11) is 1.16. The van der Waals surface area contributed by atoms with E-state index in [1.807, 2.05) is 21.1 Å². The van der Waals surface area contributed by atoms with Crippen LogP contribution < -0.4 is 4.89 Å². The molecule has 0 heterocycles. The van der Waals surface area contributed by atoms with Gasteiger partial charge in [-0.3, -0.25) is 14.2 Å². The number of quaternary nitrogens is 1. The molecular weight excluding hydrogens is 1010 g/mol. The van der Waals surface area contributed by atoms with E-state index in [-0.39, 0.29) is 32.0 Å². The molecule has 0 rings (SSSR count). The highest BCUT2D eigenvalue weighted by Gasteiger charge is 2.22. The lowest BCUT2D eigenvalue weighted by Gasteiger charge is -2.28. The van der Waals surface area contributed by atoms with Crippen molar-refractivity contribution in [1.82, 2.24) is 0 Å². The van der Waals surface area contributed by atoms with Gasteiger partial charge in [-0.15, -0.1) is 0 Å². The number of unbranched alkanes of at least 4 members (excludes halogenated alkanes) is 30. The zero-order valence-electron chi connectivity index (χ0n) is 52.5. The number of esters is 2. The van der Waals surface area contributed by atoms with Crippen molar-refractivity contribution in [2.24, 2.45) is 0 Å². The minimum Gasteiger partial charge on any atom is -0.756 e. The largest absolute Gasteiger partial charge is 0.756 e. The highest BCUT2D eigenvalue weighted by atomic mass is 31.2. The lowest BCUT2D eigenvalue weighted by atomic mass is 10.0. The maximum atomic E-state index is 12.8. The quantitative estimate of drug-likeness (QED) is 0.0195.